The van der Waals surface area contributed by atoms with Gasteiger partial charge in [-0.2, -0.15) is 0 Å². The molecule has 1 unspecified atom stereocenters. The van der Waals surface area contributed by atoms with E-state index in [0.717, 1.165) is 57.8 Å². The summed E-state index contributed by atoms with van der Waals surface area (Å²) in [5.74, 6) is 0.757. The maximum atomic E-state index is 12.5. The summed E-state index contributed by atoms with van der Waals surface area (Å²) in [6.45, 7) is 8.63. The zero-order valence-corrected chi connectivity index (χ0v) is 21.5. The first-order valence-corrected chi connectivity index (χ1v) is 13.5. The third-order valence-corrected chi connectivity index (χ3v) is 10.8. The molecular weight excluding hydrogens is 432 g/mol. The highest BCUT2D eigenvalue weighted by atomic mass is 16.6. The molecule has 5 N–H and O–H groups in total. The molecule has 4 rings (SSSR count). The maximum absolute atomic E-state index is 12.5. The summed E-state index contributed by atoms with van der Waals surface area (Å²) in [6.07, 6.45) is 8.54. The highest BCUT2D eigenvalue weighted by molar-refractivity contribution is 5.72. The number of alkyl carbamates (subject to hydrolysis) is 1. The molecule has 7 nitrogen and oxygen atoms in total. The standard InChI is InChI=1S/C27H46N2O5/c1-16(2)13-18(15-30)29-24(33)34-19-7-10-25(3)17(14-19)5-6-21-20(25)8-11-26(4)22(23(31)32)9-12-27(21,26)28/h16-22,30H,5-15,28H2,1-4H3,(H,29,33)(H,31,32)/t17-,18?,19+,20+,21-,22-,25+,26-,27+/m1/s1. The number of hydrogen-bond acceptors (Lipinski definition) is 5. The molecule has 4 aliphatic rings. The number of carboxylic acids is 1. The summed E-state index contributed by atoms with van der Waals surface area (Å²) in [7, 11) is 0. The van der Waals surface area contributed by atoms with E-state index in [1.807, 2.05) is 0 Å². The zero-order valence-electron chi connectivity index (χ0n) is 21.5. The van der Waals surface area contributed by atoms with Crippen LogP contribution in [0.1, 0.15) is 91.9 Å². The lowest BCUT2D eigenvalue weighted by Gasteiger charge is -2.64. The largest absolute Gasteiger partial charge is 0.481 e. The van der Waals surface area contributed by atoms with Gasteiger partial charge >= 0.3 is 12.1 Å². The Hall–Kier alpha value is -1.34. The molecule has 7 heteroatoms. The van der Waals surface area contributed by atoms with Crippen LogP contribution in [0.4, 0.5) is 4.79 Å². The van der Waals surface area contributed by atoms with Crippen molar-refractivity contribution in [2.24, 2.45) is 46.2 Å². The number of aliphatic carboxylic acids is 1. The van der Waals surface area contributed by atoms with E-state index >= 15 is 0 Å². The number of hydrogen-bond donors (Lipinski definition) is 4. The second kappa shape index (κ2) is 9.27. The highest BCUT2D eigenvalue weighted by Gasteiger charge is 2.67. The first-order chi connectivity index (χ1) is 15.9. The minimum absolute atomic E-state index is 0.0792. The second-order valence-electron chi connectivity index (χ2n) is 12.9. The first-order valence-electron chi connectivity index (χ1n) is 13.5. The van der Waals surface area contributed by atoms with Crippen molar-refractivity contribution in [3.8, 4) is 0 Å². The van der Waals surface area contributed by atoms with Gasteiger partial charge < -0.3 is 26.0 Å². The van der Waals surface area contributed by atoms with Gasteiger partial charge in [0.25, 0.3) is 0 Å². The number of rotatable bonds is 6. The number of amides is 1. The van der Waals surface area contributed by atoms with E-state index in [1.54, 1.807) is 0 Å². The number of carbonyl (C=O) groups is 2. The molecule has 4 saturated carbocycles. The molecule has 0 aromatic rings. The topological polar surface area (TPSA) is 122 Å². The van der Waals surface area contributed by atoms with Crippen molar-refractivity contribution in [3.63, 3.8) is 0 Å². The molecule has 4 fully saturated rings. The molecule has 0 heterocycles. The Morgan fingerprint density at radius 1 is 1.06 bits per heavy atom. The van der Waals surface area contributed by atoms with Gasteiger partial charge in [-0.05, 0) is 98.7 Å². The van der Waals surface area contributed by atoms with E-state index in [9.17, 15) is 19.8 Å². The molecule has 0 aliphatic heterocycles. The zero-order chi connectivity index (χ0) is 24.9. The SMILES string of the molecule is CC(C)CC(CO)NC(=O)O[C@H]1CC[C@@]2(C)[C@H](CC[C@@H]3[C@@H]2CC[C@]2(C)[C@@H](C(=O)O)CC[C@]32N)C1. The van der Waals surface area contributed by atoms with Crippen LogP contribution in [-0.2, 0) is 9.53 Å². The molecule has 0 bridgehead atoms. The smallest absolute Gasteiger partial charge is 0.407 e. The molecule has 4 aliphatic carbocycles. The molecule has 0 spiro atoms. The van der Waals surface area contributed by atoms with Crippen LogP contribution in [0, 0.1) is 40.4 Å². The van der Waals surface area contributed by atoms with Crippen molar-refractivity contribution in [3.05, 3.63) is 0 Å². The third kappa shape index (κ3) is 4.15. The monoisotopic (exact) mass is 478 g/mol. The highest BCUT2D eigenvalue weighted by Crippen LogP contribution is 2.68. The van der Waals surface area contributed by atoms with Crippen LogP contribution in [0.15, 0.2) is 0 Å². The minimum Gasteiger partial charge on any atom is -0.481 e. The van der Waals surface area contributed by atoms with E-state index in [-0.39, 0.29) is 35.5 Å². The van der Waals surface area contributed by atoms with E-state index in [2.05, 4.69) is 33.0 Å². The predicted molar refractivity (Wildman–Crippen MR) is 130 cm³/mol. The van der Waals surface area contributed by atoms with E-state index in [0.29, 0.717) is 30.1 Å². The van der Waals surface area contributed by atoms with Gasteiger partial charge in [0.05, 0.1) is 18.6 Å². The number of ether oxygens (including phenoxy) is 1. The lowest BCUT2D eigenvalue weighted by atomic mass is 9.42. The Morgan fingerprint density at radius 2 is 1.79 bits per heavy atom. The molecule has 34 heavy (non-hydrogen) atoms. The summed E-state index contributed by atoms with van der Waals surface area (Å²) in [4.78, 5) is 24.5. The van der Waals surface area contributed by atoms with Gasteiger partial charge in [0.15, 0.2) is 0 Å². The summed E-state index contributed by atoms with van der Waals surface area (Å²) in [5, 5.41) is 22.3. The predicted octanol–water partition coefficient (Wildman–Crippen LogP) is 4.31. The minimum atomic E-state index is -0.680. The van der Waals surface area contributed by atoms with Gasteiger partial charge in [0.1, 0.15) is 6.10 Å². The Bertz CT molecular complexity index is 789. The van der Waals surface area contributed by atoms with Crippen LogP contribution in [0.5, 0.6) is 0 Å². The first kappa shape index (κ1) is 25.7. The average molecular weight is 479 g/mol. The molecule has 194 valence electrons. The summed E-state index contributed by atoms with van der Waals surface area (Å²) in [5.41, 5.74) is 6.64. The van der Waals surface area contributed by atoms with Crippen LogP contribution in [-0.4, -0.2) is 46.6 Å². The number of aliphatic hydroxyl groups excluding tert-OH is 1. The van der Waals surface area contributed by atoms with Gasteiger partial charge in [0.2, 0.25) is 0 Å². The molecule has 0 saturated heterocycles. The molecular formula is C27H46N2O5. The Morgan fingerprint density at radius 3 is 2.44 bits per heavy atom. The lowest BCUT2D eigenvalue weighted by Crippen LogP contribution is -2.66. The van der Waals surface area contributed by atoms with E-state index in [4.69, 9.17) is 10.5 Å². The average Bonchev–Trinajstić information content (AvgIpc) is 3.04. The number of fused-ring (bicyclic) bond motifs is 5. The molecule has 0 aromatic heterocycles. The van der Waals surface area contributed by atoms with Gasteiger partial charge in [-0.1, -0.05) is 27.7 Å². The number of carboxylic acid groups (broad SMARTS) is 1. The number of carbonyl (C=O) groups excluding carboxylic acids is 1. The van der Waals surface area contributed by atoms with Crippen LogP contribution < -0.4 is 11.1 Å². The number of aliphatic hydroxyl groups is 1. The Kier molecular flexibility index (Phi) is 7.02. The van der Waals surface area contributed by atoms with Crippen molar-refractivity contribution < 1.29 is 24.5 Å². The fraction of sp³-hybridized carbons (Fsp3) is 0.926. The fourth-order valence-corrected chi connectivity index (χ4v) is 8.89. The Labute approximate surface area is 204 Å². The molecule has 1 amide bonds. The second-order valence-corrected chi connectivity index (χ2v) is 12.9. The Balaban J connectivity index is 1.41. The van der Waals surface area contributed by atoms with Gasteiger partial charge in [-0.25, -0.2) is 4.79 Å². The van der Waals surface area contributed by atoms with Gasteiger partial charge in [-0.3, -0.25) is 4.79 Å². The number of nitrogens with two attached hydrogens (primary N) is 1. The van der Waals surface area contributed by atoms with E-state index < -0.39 is 17.6 Å². The normalized spacial score (nSPS) is 44.5. The molecule has 0 radical (unpaired) electrons. The van der Waals surface area contributed by atoms with Crippen molar-refractivity contribution in [2.45, 2.75) is 110 Å². The third-order valence-electron chi connectivity index (χ3n) is 10.8. The van der Waals surface area contributed by atoms with Crippen molar-refractivity contribution in [2.75, 3.05) is 6.61 Å². The molecule has 9 atom stereocenters. The summed E-state index contributed by atoms with van der Waals surface area (Å²) in [6, 6.07) is -0.268. The van der Waals surface area contributed by atoms with Crippen molar-refractivity contribution >= 4 is 12.1 Å². The van der Waals surface area contributed by atoms with Crippen molar-refractivity contribution in [1.29, 1.82) is 0 Å². The van der Waals surface area contributed by atoms with Gasteiger partial charge in [0, 0.05) is 5.54 Å². The maximum Gasteiger partial charge on any atom is 0.407 e. The van der Waals surface area contributed by atoms with Crippen molar-refractivity contribution in [1.82, 2.24) is 5.32 Å². The van der Waals surface area contributed by atoms with Crippen LogP contribution in [0.3, 0.4) is 0 Å². The van der Waals surface area contributed by atoms with Gasteiger partial charge in [-0.15, -0.1) is 0 Å². The quantitative estimate of drug-likeness (QED) is 0.451. The van der Waals surface area contributed by atoms with Crippen LogP contribution in [0.2, 0.25) is 0 Å². The summed E-state index contributed by atoms with van der Waals surface area (Å²) >= 11 is 0. The number of nitrogens with one attached hydrogen (secondary N) is 1. The fourth-order valence-electron chi connectivity index (χ4n) is 8.89. The van der Waals surface area contributed by atoms with Crippen LogP contribution >= 0.6 is 0 Å². The summed E-state index contributed by atoms with van der Waals surface area (Å²) < 4.78 is 5.83. The van der Waals surface area contributed by atoms with Crippen LogP contribution in [0.25, 0.3) is 0 Å². The van der Waals surface area contributed by atoms with E-state index in [1.165, 1.54) is 0 Å². The molecule has 0 aromatic carbocycles. The lowest BCUT2D eigenvalue weighted by molar-refractivity contribution is -0.157.